The number of hydrogen-bond donors (Lipinski definition) is 1. The van der Waals surface area contributed by atoms with E-state index in [9.17, 15) is 18.7 Å². The van der Waals surface area contributed by atoms with Gasteiger partial charge in [-0.1, -0.05) is 0 Å². The average molecular weight is 481 g/mol. The summed E-state index contributed by atoms with van der Waals surface area (Å²) in [5.74, 6) is -1.08. The molecule has 0 saturated heterocycles. The van der Waals surface area contributed by atoms with Gasteiger partial charge in [-0.05, 0) is 48.8 Å². The predicted molar refractivity (Wildman–Crippen MR) is 108 cm³/mol. The van der Waals surface area contributed by atoms with Crippen LogP contribution in [0.2, 0.25) is 0 Å². The molecule has 2 aromatic heterocycles. The fraction of sp³-hybridized carbons (Fsp3) is 0.300. The van der Waals surface area contributed by atoms with Crippen LogP contribution in [0.15, 0.2) is 39.9 Å². The Morgan fingerprint density at radius 1 is 1.23 bits per heavy atom. The van der Waals surface area contributed by atoms with E-state index in [1.807, 2.05) is 0 Å². The number of halogens is 3. The molecule has 0 saturated carbocycles. The van der Waals surface area contributed by atoms with Gasteiger partial charge in [0.05, 0.1) is 30.3 Å². The zero-order valence-corrected chi connectivity index (χ0v) is 18.1. The molecule has 0 aliphatic heterocycles. The number of nitrogens with zero attached hydrogens (tertiary/aromatic N) is 4. The van der Waals surface area contributed by atoms with Crippen molar-refractivity contribution >= 4 is 15.9 Å². The first-order chi connectivity index (χ1) is 14.1. The van der Waals surface area contributed by atoms with Gasteiger partial charge >= 0.3 is 0 Å². The molecular weight excluding hydrogens is 462 g/mol. The van der Waals surface area contributed by atoms with E-state index in [0.717, 1.165) is 12.1 Å². The molecule has 0 fully saturated rings. The van der Waals surface area contributed by atoms with E-state index in [1.54, 1.807) is 20.8 Å². The number of benzene rings is 1. The Balaban J connectivity index is 1.81. The van der Waals surface area contributed by atoms with Crippen LogP contribution in [-0.4, -0.2) is 24.6 Å². The van der Waals surface area contributed by atoms with Crippen molar-refractivity contribution in [1.29, 1.82) is 0 Å². The summed E-state index contributed by atoms with van der Waals surface area (Å²) in [7, 11) is 0. The molecule has 2 heterocycles. The van der Waals surface area contributed by atoms with Crippen molar-refractivity contribution in [3.05, 3.63) is 79.8 Å². The first kappa shape index (κ1) is 22.0. The average Bonchev–Trinajstić information content (AvgIpc) is 2.68. The highest BCUT2D eigenvalue weighted by Gasteiger charge is 2.19. The van der Waals surface area contributed by atoms with E-state index in [1.165, 1.54) is 23.0 Å². The summed E-state index contributed by atoms with van der Waals surface area (Å²) in [5.41, 5.74) is -0.485. The van der Waals surface area contributed by atoms with Crippen molar-refractivity contribution in [2.24, 2.45) is 0 Å². The van der Waals surface area contributed by atoms with Crippen LogP contribution in [0.25, 0.3) is 0 Å². The van der Waals surface area contributed by atoms with Crippen LogP contribution >= 0.6 is 15.9 Å². The Hall–Kier alpha value is -2.72. The zero-order valence-electron chi connectivity index (χ0n) is 16.5. The summed E-state index contributed by atoms with van der Waals surface area (Å²) in [5, 5.41) is 9.96. The maximum absolute atomic E-state index is 13.8. The largest absolute Gasteiger partial charge is 0.472 e. The van der Waals surface area contributed by atoms with E-state index < -0.39 is 22.8 Å². The molecular formula is C20H19BrF2N4O3. The van der Waals surface area contributed by atoms with Gasteiger partial charge in [0, 0.05) is 11.6 Å². The first-order valence-corrected chi connectivity index (χ1v) is 9.73. The molecule has 7 nitrogen and oxygen atoms in total. The Bertz CT molecular complexity index is 1130. The molecule has 30 heavy (non-hydrogen) atoms. The summed E-state index contributed by atoms with van der Waals surface area (Å²) in [6.07, 6.45) is 2.93. The Morgan fingerprint density at radius 2 is 1.97 bits per heavy atom. The fourth-order valence-corrected chi connectivity index (χ4v) is 3.01. The van der Waals surface area contributed by atoms with Crippen LogP contribution in [0.5, 0.6) is 5.88 Å². The van der Waals surface area contributed by atoms with Gasteiger partial charge in [0.15, 0.2) is 0 Å². The van der Waals surface area contributed by atoms with E-state index in [-0.39, 0.29) is 29.1 Å². The molecule has 0 amide bonds. The van der Waals surface area contributed by atoms with Gasteiger partial charge in [-0.3, -0.25) is 19.3 Å². The lowest BCUT2D eigenvalue weighted by atomic mass is 10.1. The number of aryl methyl sites for hydroxylation is 1. The quantitative estimate of drug-likeness (QED) is 0.582. The van der Waals surface area contributed by atoms with Gasteiger partial charge in [-0.25, -0.2) is 8.78 Å². The molecule has 0 radical (unpaired) electrons. The summed E-state index contributed by atoms with van der Waals surface area (Å²) in [6, 6.07) is 3.15. The lowest BCUT2D eigenvalue weighted by molar-refractivity contribution is 0.0733. The normalized spacial score (nSPS) is 11.6. The smallest absolute Gasteiger partial charge is 0.272 e. The van der Waals surface area contributed by atoms with Gasteiger partial charge < -0.3 is 9.84 Å². The molecule has 0 atom stereocenters. The molecule has 0 unspecified atom stereocenters. The number of aromatic nitrogens is 4. The van der Waals surface area contributed by atoms with Crippen molar-refractivity contribution in [3.63, 3.8) is 0 Å². The minimum Gasteiger partial charge on any atom is -0.472 e. The summed E-state index contributed by atoms with van der Waals surface area (Å²) in [4.78, 5) is 25.4. The minimum absolute atomic E-state index is 0.000868. The van der Waals surface area contributed by atoms with Gasteiger partial charge in [0.2, 0.25) is 5.88 Å². The molecule has 0 spiro atoms. The summed E-state index contributed by atoms with van der Waals surface area (Å²) >= 11 is 3.18. The third-order valence-electron chi connectivity index (χ3n) is 4.31. The van der Waals surface area contributed by atoms with Gasteiger partial charge in [-0.2, -0.15) is 4.98 Å². The SMILES string of the molecule is Cc1nc(OCc2ccc(F)cc2F)c(Br)c(=O)n1Cc1cnc(C(C)(C)O)cn1. The molecule has 1 aromatic carbocycles. The highest BCUT2D eigenvalue weighted by Crippen LogP contribution is 2.21. The Kier molecular flexibility index (Phi) is 6.27. The standard InChI is InChI=1S/C20H19BrF2N4O3/c1-11-26-18(30-10-12-4-5-13(22)6-15(12)23)17(21)19(28)27(11)9-14-7-25-16(8-24-14)20(2,3)29/h4-8,29H,9-10H2,1-3H3. The van der Waals surface area contributed by atoms with Crippen LogP contribution in [0.4, 0.5) is 8.78 Å². The molecule has 3 rings (SSSR count). The van der Waals surface area contributed by atoms with E-state index in [2.05, 4.69) is 30.9 Å². The van der Waals surface area contributed by atoms with E-state index >= 15 is 0 Å². The number of hydrogen-bond acceptors (Lipinski definition) is 6. The monoisotopic (exact) mass is 480 g/mol. The number of rotatable bonds is 6. The lowest BCUT2D eigenvalue weighted by Gasteiger charge is -2.16. The lowest BCUT2D eigenvalue weighted by Crippen LogP contribution is -2.26. The molecule has 10 heteroatoms. The molecule has 0 aliphatic carbocycles. The summed E-state index contributed by atoms with van der Waals surface area (Å²) in [6.45, 7) is 4.72. The van der Waals surface area contributed by atoms with Gasteiger partial charge in [0.1, 0.15) is 34.1 Å². The molecule has 0 bridgehead atoms. The molecule has 0 aliphatic rings. The Morgan fingerprint density at radius 3 is 2.57 bits per heavy atom. The predicted octanol–water partition coefficient (Wildman–Crippen LogP) is 3.24. The summed E-state index contributed by atoms with van der Waals surface area (Å²) < 4.78 is 33.7. The minimum atomic E-state index is -1.12. The van der Waals surface area contributed by atoms with Crippen molar-refractivity contribution in [3.8, 4) is 5.88 Å². The van der Waals surface area contributed by atoms with E-state index in [0.29, 0.717) is 17.2 Å². The highest BCUT2D eigenvalue weighted by molar-refractivity contribution is 9.10. The van der Waals surface area contributed by atoms with Crippen LogP contribution in [0.3, 0.4) is 0 Å². The number of ether oxygens (including phenoxy) is 1. The van der Waals surface area contributed by atoms with Crippen LogP contribution in [-0.2, 0) is 18.8 Å². The Labute approximate surface area is 179 Å². The topological polar surface area (TPSA) is 90.1 Å². The van der Waals surface area contributed by atoms with Crippen LogP contribution in [0, 0.1) is 18.6 Å². The third kappa shape index (κ3) is 4.88. The second-order valence-corrected chi connectivity index (χ2v) is 7.94. The molecule has 158 valence electrons. The zero-order chi connectivity index (χ0) is 22.1. The van der Waals surface area contributed by atoms with Crippen molar-refractivity contribution < 1.29 is 18.6 Å². The van der Waals surface area contributed by atoms with Gasteiger partial charge in [0.25, 0.3) is 5.56 Å². The second kappa shape index (κ2) is 8.57. The first-order valence-electron chi connectivity index (χ1n) is 8.93. The maximum atomic E-state index is 13.8. The molecule has 1 N–H and O–H groups in total. The third-order valence-corrected chi connectivity index (χ3v) is 4.98. The number of aliphatic hydroxyl groups is 1. The second-order valence-electron chi connectivity index (χ2n) is 7.15. The van der Waals surface area contributed by atoms with Crippen LogP contribution < -0.4 is 10.3 Å². The fourth-order valence-electron chi connectivity index (χ4n) is 2.59. The van der Waals surface area contributed by atoms with E-state index in [4.69, 9.17) is 4.74 Å². The van der Waals surface area contributed by atoms with Crippen molar-refractivity contribution in [2.45, 2.75) is 39.5 Å². The van der Waals surface area contributed by atoms with Gasteiger partial charge in [-0.15, -0.1) is 0 Å². The van der Waals surface area contributed by atoms with Crippen LogP contribution in [0.1, 0.15) is 36.6 Å². The van der Waals surface area contributed by atoms with Crippen molar-refractivity contribution in [2.75, 3.05) is 0 Å². The maximum Gasteiger partial charge on any atom is 0.272 e. The van der Waals surface area contributed by atoms with Crippen molar-refractivity contribution in [1.82, 2.24) is 19.5 Å². The highest BCUT2D eigenvalue weighted by atomic mass is 79.9. The molecule has 3 aromatic rings.